The summed E-state index contributed by atoms with van der Waals surface area (Å²) in [5.74, 6) is 0.682. The molecule has 106 valence electrons. The van der Waals surface area contributed by atoms with Crippen LogP contribution in [0, 0.1) is 0 Å². The van der Waals surface area contributed by atoms with Gasteiger partial charge in [0.2, 0.25) is 0 Å². The summed E-state index contributed by atoms with van der Waals surface area (Å²) in [4.78, 5) is 0. The quantitative estimate of drug-likeness (QED) is 0.830. The van der Waals surface area contributed by atoms with Crippen LogP contribution in [0.5, 0.6) is 11.5 Å². The number of hydrogen-bond acceptors (Lipinski definition) is 4. The van der Waals surface area contributed by atoms with Crippen molar-refractivity contribution >= 4 is 0 Å². The number of phenols is 1. The van der Waals surface area contributed by atoms with Gasteiger partial charge in [-0.3, -0.25) is 0 Å². The Balaban J connectivity index is 1.97. The average molecular weight is 265 g/mol. The minimum Gasteiger partial charge on any atom is -0.504 e. The first-order valence-corrected chi connectivity index (χ1v) is 6.76. The van der Waals surface area contributed by atoms with E-state index >= 15 is 0 Å². The lowest BCUT2D eigenvalue weighted by Gasteiger charge is -2.41. The first kappa shape index (κ1) is 14.2. The Bertz CT molecular complexity index is 424. The molecule has 0 saturated heterocycles. The minimum absolute atomic E-state index is 0.0231. The van der Waals surface area contributed by atoms with Crippen molar-refractivity contribution in [2.45, 2.75) is 37.8 Å². The average Bonchev–Trinajstić information content (AvgIpc) is 2.38. The summed E-state index contributed by atoms with van der Waals surface area (Å²) in [5, 5.41) is 13.1. The highest BCUT2D eigenvalue weighted by molar-refractivity contribution is 5.42. The lowest BCUT2D eigenvalue weighted by atomic mass is 9.80. The molecule has 0 spiro atoms. The summed E-state index contributed by atoms with van der Waals surface area (Å²) in [6.45, 7) is 2.96. The minimum atomic E-state index is 0.0231. The fourth-order valence-corrected chi connectivity index (χ4v) is 2.44. The van der Waals surface area contributed by atoms with E-state index in [0.717, 1.165) is 24.9 Å². The smallest absolute Gasteiger partial charge is 0.160 e. The number of rotatable bonds is 6. The third-order valence-corrected chi connectivity index (χ3v) is 4.13. The van der Waals surface area contributed by atoms with Crippen LogP contribution in [0.3, 0.4) is 0 Å². The predicted octanol–water partition coefficient (Wildman–Crippen LogP) is 2.62. The van der Waals surface area contributed by atoms with Crippen molar-refractivity contribution in [1.29, 1.82) is 0 Å². The Hall–Kier alpha value is -1.26. The number of benzene rings is 1. The zero-order valence-corrected chi connectivity index (χ0v) is 11.9. The van der Waals surface area contributed by atoms with Crippen LogP contribution in [0.1, 0.15) is 37.8 Å². The standard InChI is InChI=1S/C15H23NO3/c1-11(16-10-15(19-3)7-4-8-15)12-5-6-13(17)14(9-12)18-2/h5-6,9,11,16-17H,4,7-8,10H2,1-3H3. The van der Waals surface area contributed by atoms with Gasteiger partial charge in [-0.15, -0.1) is 0 Å². The van der Waals surface area contributed by atoms with Crippen LogP contribution in [0.15, 0.2) is 18.2 Å². The third kappa shape index (κ3) is 3.01. The zero-order chi connectivity index (χ0) is 13.9. The highest BCUT2D eigenvalue weighted by Crippen LogP contribution is 2.35. The van der Waals surface area contributed by atoms with Crippen molar-refractivity contribution in [3.63, 3.8) is 0 Å². The van der Waals surface area contributed by atoms with Gasteiger partial charge in [-0.2, -0.15) is 0 Å². The van der Waals surface area contributed by atoms with Gasteiger partial charge in [0.15, 0.2) is 11.5 Å². The van der Waals surface area contributed by atoms with E-state index in [9.17, 15) is 5.11 Å². The maximum absolute atomic E-state index is 9.60. The molecule has 0 heterocycles. The second kappa shape index (κ2) is 5.80. The largest absolute Gasteiger partial charge is 0.504 e. The number of ether oxygens (including phenoxy) is 2. The van der Waals surface area contributed by atoms with E-state index in [1.807, 2.05) is 12.1 Å². The number of methoxy groups -OCH3 is 2. The van der Waals surface area contributed by atoms with Gasteiger partial charge in [0.1, 0.15) is 0 Å². The molecule has 1 unspecified atom stereocenters. The second-order valence-corrected chi connectivity index (χ2v) is 5.27. The summed E-state index contributed by atoms with van der Waals surface area (Å²) < 4.78 is 10.7. The molecule has 19 heavy (non-hydrogen) atoms. The topological polar surface area (TPSA) is 50.7 Å². The molecule has 0 aromatic heterocycles. The molecule has 1 aromatic carbocycles. The van der Waals surface area contributed by atoms with Gasteiger partial charge in [0.25, 0.3) is 0 Å². The van der Waals surface area contributed by atoms with Crippen molar-refractivity contribution in [3.8, 4) is 11.5 Å². The molecule has 0 amide bonds. The Morgan fingerprint density at radius 1 is 1.37 bits per heavy atom. The Kier molecular flexibility index (Phi) is 4.32. The molecule has 1 aliphatic carbocycles. The van der Waals surface area contributed by atoms with E-state index in [1.165, 1.54) is 6.42 Å². The maximum atomic E-state index is 9.60. The van der Waals surface area contributed by atoms with Crippen LogP contribution in [0.2, 0.25) is 0 Å². The van der Waals surface area contributed by atoms with Crippen molar-refractivity contribution in [3.05, 3.63) is 23.8 Å². The molecule has 1 fully saturated rings. The van der Waals surface area contributed by atoms with Gasteiger partial charge < -0.3 is 19.9 Å². The van der Waals surface area contributed by atoms with E-state index in [4.69, 9.17) is 9.47 Å². The van der Waals surface area contributed by atoms with Crippen LogP contribution in [-0.4, -0.2) is 31.5 Å². The van der Waals surface area contributed by atoms with Gasteiger partial charge in [-0.25, -0.2) is 0 Å². The Morgan fingerprint density at radius 2 is 2.11 bits per heavy atom. The number of aromatic hydroxyl groups is 1. The Labute approximate surface area is 114 Å². The number of nitrogens with one attached hydrogen (secondary N) is 1. The normalized spacial score (nSPS) is 18.7. The molecule has 2 rings (SSSR count). The van der Waals surface area contributed by atoms with Crippen molar-refractivity contribution in [2.24, 2.45) is 0 Å². The van der Waals surface area contributed by atoms with E-state index < -0.39 is 0 Å². The monoisotopic (exact) mass is 265 g/mol. The molecule has 0 aliphatic heterocycles. The van der Waals surface area contributed by atoms with Crippen molar-refractivity contribution < 1.29 is 14.6 Å². The summed E-state index contributed by atoms with van der Waals surface area (Å²) in [6.07, 6.45) is 3.50. The second-order valence-electron chi connectivity index (χ2n) is 5.27. The molecular weight excluding hydrogens is 242 g/mol. The van der Waals surface area contributed by atoms with E-state index in [0.29, 0.717) is 5.75 Å². The molecule has 1 aliphatic rings. The van der Waals surface area contributed by atoms with Gasteiger partial charge in [-0.1, -0.05) is 6.07 Å². The lowest BCUT2D eigenvalue weighted by molar-refractivity contribution is -0.0706. The molecule has 1 atom stereocenters. The summed E-state index contributed by atoms with van der Waals surface area (Å²) in [7, 11) is 3.35. The van der Waals surface area contributed by atoms with Gasteiger partial charge >= 0.3 is 0 Å². The molecule has 1 aromatic rings. The van der Waals surface area contributed by atoms with Gasteiger partial charge in [0, 0.05) is 19.7 Å². The SMILES string of the molecule is COc1cc(C(C)NCC2(OC)CCC2)ccc1O. The van der Waals surface area contributed by atoms with E-state index in [-0.39, 0.29) is 17.4 Å². The summed E-state index contributed by atoms with van der Waals surface area (Å²) in [5.41, 5.74) is 1.12. The third-order valence-electron chi connectivity index (χ3n) is 4.13. The molecule has 4 nitrogen and oxygen atoms in total. The van der Waals surface area contributed by atoms with Crippen LogP contribution < -0.4 is 10.1 Å². The number of phenolic OH excluding ortho intramolecular Hbond substituents is 1. The molecule has 1 saturated carbocycles. The highest BCUT2D eigenvalue weighted by Gasteiger charge is 2.36. The van der Waals surface area contributed by atoms with E-state index in [2.05, 4.69) is 12.2 Å². The first-order valence-electron chi connectivity index (χ1n) is 6.76. The van der Waals surface area contributed by atoms with Gasteiger partial charge in [-0.05, 0) is 43.9 Å². The van der Waals surface area contributed by atoms with Crippen LogP contribution >= 0.6 is 0 Å². The first-order chi connectivity index (χ1) is 9.10. The van der Waals surface area contributed by atoms with Crippen LogP contribution in [0.4, 0.5) is 0 Å². The fourth-order valence-electron chi connectivity index (χ4n) is 2.44. The van der Waals surface area contributed by atoms with E-state index in [1.54, 1.807) is 20.3 Å². The lowest BCUT2D eigenvalue weighted by Crippen LogP contribution is -2.48. The predicted molar refractivity (Wildman–Crippen MR) is 74.7 cm³/mol. The Morgan fingerprint density at radius 3 is 2.63 bits per heavy atom. The summed E-state index contributed by atoms with van der Waals surface area (Å²) >= 11 is 0. The summed E-state index contributed by atoms with van der Waals surface area (Å²) in [6, 6.07) is 5.65. The molecule has 4 heteroatoms. The molecule has 0 bridgehead atoms. The number of hydrogen-bond donors (Lipinski definition) is 2. The van der Waals surface area contributed by atoms with Crippen molar-refractivity contribution in [2.75, 3.05) is 20.8 Å². The highest BCUT2D eigenvalue weighted by atomic mass is 16.5. The van der Waals surface area contributed by atoms with Gasteiger partial charge in [0.05, 0.1) is 12.7 Å². The van der Waals surface area contributed by atoms with Crippen LogP contribution in [-0.2, 0) is 4.74 Å². The van der Waals surface area contributed by atoms with Crippen molar-refractivity contribution in [1.82, 2.24) is 5.32 Å². The maximum Gasteiger partial charge on any atom is 0.160 e. The molecular formula is C15H23NO3. The molecule has 2 N–H and O–H groups in total. The van der Waals surface area contributed by atoms with Crippen LogP contribution in [0.25, 0.3) is 0 Å². The fraction of sp³-hybridized carbons (Fsp3) is 0.600. The molecule has 0 radical (unpaired) electrons. The zero-order valence-electron chi connectivity index (χ0n) is 11.9.